The number of hydrogen-bond donors (Lipinski definition) is 3. The molecular weight excluding hydrogens is 1330 g/mol. The van der Waals surface area contributed by atoms with Gasteiger partial charge in [0.2, 0.25) is 0 Å². The van der Waals surface area contributed by atoms with Gasteiger partial charge in [-0.2, -0.15) is 0 Å². The molecule has 0 rings (SSSR count). The highest BCUT2D eigenvalue weighted by Crippen LogP contribution is 2.45. The minimum Gasteiger partial charge on any atom is -0.462 e. The Morgan fingerprint density at radius 1 is 0.275 bits per heavy atom. The van der Waals surface area contributed by atoms with E-state index < -0.39 is 97.5 Å². The lowest BCUT2D eigenvalue weighted by Gasteiger charge is -2.21. The van der Waals surface area contributed by atoms with Crippen molar-refractivity contribution in [3.05, 3.63) is 0 Å². The third kappa shape index (κ3) is 73.6. The Morgan fingerprint density at radius 3 is 0.696 bits per heavy atom. The molecule has 7 atom stereocenters. The van der Waals surface area contributed by atoms with Crippen molar-refractivity contribution in [1.82, 2.24) is 0 Å². The van der Waals surface area contributed by atoms with Crippen LogP contribution in [0.3, 0.4) is 0 Å². The Labute approximate surface area is 626 Å². The van der Waals surface area contributed by atoms with Gasteiger partial charge in [-0.1, -0.05) is 388 Å². The highest BCUT2D eigenvalue weighted by atomic mass is 31.2. The lowest BCUT2D eigenvalue weighted by molar-refractivity contribution is -0.161. The van der Waals surface area contributed by atoms with Crippen LogP contribution in [0.1, 0.15) is 440 Å². The number of aliphatic hydroxyl groups is 1. The summed E-state index contributed by atoms with van der Waals surface area (Å²) in [5.41, 5.74) is 0. The summed E-state index contributed by atoms with van der Waals surface area (Å²) in [5, 5.41) is 10.7. The summed E-state index contributed by atoms with van der Waals surface area (Å²) in [4.78, 5) is 73.1. The maximum Gasteiger partial charge on any atom is 0.472 e. The molecule has 17 nitrogen and oxygen atoms in total. The molecule has 4 unspecified atom stereocenters. The average molecular weight is 1490 g/mol. The van der Waals surface area contributed by atoms with E-state index in [9.17, 15) is 43.2 Å². The Kier molecular flexibility index (Phi) is 73.1. The first-order valence-corrected chi connectivity index (χ1v) is 46.1. The summed E-state index contributed by atoms with van der Waals surface area (Å²) in [6.07, 6.45) is 65.1. The lowest BCUT2D eigenvalue weighted by atomic mass is 9.99. The van der Waals surface area contributed by atoms with Gasteiger partial charge in [0.25, 0.3) is 0 Å². The molecule has 102 heavy (non-hydrogen) atoms. The molecule has 606 valence electrons. The van der Waals surface area contributed by atoms with Gasteiger partial charge in [0.1, 0.15) is 19.3 Å². The number of carbonyl (C=O) groups is 4. The molecule has 3 N–H and O–H groups in total. The molecule has 0 spiro atoms. The zero-order chi connectivity index (χ0) is 74.9. The van der Waals surface area contributed by atoms with Crippen LogP contribution in [-0.2, 0) is 65.4 Å². The standard InChI is InChI=1S/C83H162O17P2/c1-7-11-13-15-17-19-21-22-23-24-25-26-27-28-33-36-43-49-55-61-67-82(87)99-79(72-94-81(86)66-60-54-48-42-35-32-30-29-31-34-39-45-51-57-63-75(5)9-3)74-98-102(91,92)96-70-77(84)69-95-101(89,90)97-73-78(71-93-80(85)65-59-53-47-41-20-18-16-14-12-8-2)100-83(88)68-62-56-50-44-38-37-40-46-52-58-64-76(6)10-4/h75-79,84H,7-74H2,1-6H3,(H,89,90)(H,91,92)/t75?,76?,77-,78+,79+/m0/s1. The van der Waals surface area contributed by atoms with Gasteiger partial charge in [0.05, 0.1) is 26.4 Å². The number of esters is 4. The minimum atomic E-state index is -4.96. The number of aliphatic hydroxyl groups excluding tert-OH is 1. The van der Waals surface area contributed by atoms with E-state index in [4.69, 9.17) is 37.0 Å². The second-order valence-electron chi connectivity index (χ2n) is 30.4. The van der Waals surface area contributed by atoms with Gasteiger partial charge in [-0.3, -0.25) is 37.3 Å². The zero-order valence-corrected chi connectivity index (χ0v) is 68.7. The van der Waals surface area contributed by atoms with Gasteiger partial charge < -0.3 is 33.8 Å². The van der Waals surface area contributed by atoms with E-state index in [0.717, 1.165) is 102 Å². The summed E-state index contributed by atoms with van der Waals surface area (Å²) in [5.74, 6) is -0.453. The Morgan fingerprint density at radius 2 is 0.471 bits per heavy atom. The molecule has 0 heterocycles. The summed E-state index contributed by atoms with van der Waals surface area (Å²) in [7, 11) is -9.92. The largest absolute Gasteiger partial charge is 0.472 e. The first-order valence-electron chi connectivity index (χ1n) is 43.1. The topological polar surface area (TPSA) is 237 Å². The predicted molar refractivity (Wildman–Crippen MR) is 418 cm³/mol. The van der Waals surface area contributed by atoms with E-state index in [-0.39, 0.29) is 25.7 Å². The van der Waals surface area contributed by atoms with Gasteiger partial charge in [-0.05, 0) is 37.5 Å². The monoisotopic (exact) mass is 1490 g/mol. The van der Waals surface area contributed by atoms with Crippen molar-refractivity contribution in [2.24, 2.45) is 11.8 Å². The van der Waals surface area contributed by atoms with Crippen LogP contribution < -0.4 is 0 Å². The van der Waals surface area contributed by atoms with Crippen LogP contribution in [0.5, 0.6) is 0 Å². The van der Waals surface area contributed by atoms with E-state index in [1.165, 1.54) is 257 Å². The molecule has 0 fully saturated rings. The van der Waals surface area contributed by atoms with Gasteiger partial charge in [-0.25, -0.2) is 9.13 Å². The molecule has 19 heteroatoms. The number of phosphoric ester groups is 2. The van der Waals surface area contributed by atoms with Gasteiger partial charge >= 0.3 is 39.5 Å². The Balaban J connectivity index is 5.24. The Hall–Kier alpha value is -1.94. The molecule has 0 aliphatic carbocycles. The van der Waals surface area contributed by atoms with Crippen molar-refractivity contribution in [1.29, 1.82) is 0 Å². The van der Waals surface area contributed by atoms with Crippen molar-refractivity contribution in [2.45, 2.75) is 458 Å². The zero-order valence-electron chi connectivity index (χ0n) is 66.9. The molecular formula is C83H162O17P2. The molecule has 0 aliphatic rings. The predicted octanol–water partition coefficient (Wildman–Crippen LogP) is 25.1. The van der Waals surface area contributed by atoms with Gasteiger partial charge in [-0.15, -0.1) is 0 Å². The van der Waals surface area contributed by atoms with Crippen LogP contribution in [0.4, 0.5) is 0 Å². The molecule has 0 aromatic carbocycles. The maximum atomic E-state index is 13.1. The first-order chi connectivity index (χ1) is 49.4. The highest BCUT2D eigenvalue weighted by molar-refractivity contribution is 7.47. The van der Waals surface area contributed by atoms with Crippen LogP contribution in [0, 0.1) is 11.8 Å². The van der Waals surface area contributed by atoms with Crippen molar-refractivity contribution < 1.29 is 80.2 Å². The molecule has 0 radical (unpaired) electrons. The highest BCUT2D eigenvalue weighted by Gasteiger charge is 2.30. The molecule has 0 saturated carbocycles. The fraction of sp³-hybridized carbons (Fsp3) is 0.952. The summed E-state index contributed by atoms with van der Waals surface area (Å²) < 4.78 is 68.8. The molecule has 0 amide bonds. The van der Waals surface area contributed by atoms with Crippen LogP contribution in [-0.4, -0.2) is 96.7 Å². The Bertz CT molecular complexity index is 1960. The lowest BCUT2D eigenvalue weighted by Crippen LogP contribution is -2.30. The summed E-state index contributed by atoms with van der Waals surface area (Å²) >= 11 is 0. The number of unbranched alkanes of at least 4 members (excludes halogenated alkanes) is 50. The van der Waals surface area contributed by atoms with Gasteiger partial charge in [0.15, 0.2) is 12.2 Å². The molecule has 0 aliphatic heterocycles. The minimum absolute atomic E-state index is 0.107. The van der Waals surface area contributed by atoms with Crippen molar-refractivity contribution >= 4 is 39.5 Å². The number of ether oxygens (including phenoxy) is 4. The second-order valence-corrected chi connectivity index (χ2v) is 33.3. The fourth-order valence-corrected chi connectivity index (χ4v) is 14.4. The number of phosphoric acid groups is 2. The smallest absolute Gasteiger partial charge is 0.462 e. The second kappa shape index (κ2) is 74.5. The summed E-state index contributed by atoms with van der Waals surface area (Å²) in [6, 6.07) is 0. The number of rotatable bonds is 82. The third-order valence-corrected chi connectivity index (χ3v) is 22.1. The molecule has 0 aromatic rings. The molecule has 0 aromatic heterocycles. The number of carbonyl (C=O) groups excluding carboxylic acids is 4. The molecule has 0 saturated heterocycles. The normalized spacial score (nSPS) is 14.4. The van der Waals surface area contributed by atoms with E-state index in [2.05, 4.69) is 41.5 Å². The van der Waals surface area contributed by atoms with Crippen LogP contribution in [0.15, 0.2) is 0 Å². The quantitative estimate of drug-likeness (QED) is 0.0222. The maximum absolute atomic E-state index is 13.1. The van der Waals surface area contributed by atoms with E-state index in [0.29, 0.717) is 25.7 Å². The summed E-state index contributed by atoms with van der Waals surface area (Å²) in [6.45, 7) is 9.72. The van der Waals surface area contributed by atoms with E-state index >= 15 is 0 Å². The van der Waals surface area contributed by atoms with E-state index in [1.54, 1.807) is 0 Å². The van der Waals surface area contributed by atoms with Crippen molar-refractivity contribution in [3.63, 3.8) is 0 Å². The van der Waals surface area contributed by atoms with Crippen LogP contribution in [0.25, 0.3) is 0 Å². The molecule has 0 bridgehead atoms. The number of hydrogen-bond acceptors (Lipinski definition) is 15. The fourth-order valence-electron chi connectivity index (χ4n) is 12.8. The van der Waals surface area contributed by atoms with Crippen LogP contribution >= 0.6 is 15.6 Å². The SMILES string of the molecule is CCCCCCCCCCCCCCCCCCCCCCC(=O)O[C@H](COC(=O)CCCCCCCCCCCCCCCCC(C)CC)COP(=O)(O)OC[C@@H](O)COP(=O)(O)OC[C@@H](COC(=O)CCCCCCCCCCCC)OC(=O)CCCCCCCCCCCCC(C)CC. The van der Waals surface area contributed by atoms with Crippen LogP contribution in [0.2, 0.25) is 0 Å². The first kappa shape index (κ1) is 100. The van der Waals surface area contributed by atoms with E-state index in [1.807, 2.05) is 0 Å². The van der Waals surface area contributed by atoms with Gasteiger partial charge in [0, 0.05) is 25.7 Å². The van der Waals surface area contributed by atoms with Crippen molar-refractivity contribution in [3.8, 4) is 0 Å². The average Bonchev–Trinajstić information content (AvgIpc) is 0.911. The van der Waals surface area contributed by atoms with Crippen molar-refractivity contribution in [2.75, 3.05) is 39.6 Å². The third-order valence-electron chi connectivity index (χ3n) is 20.2.